The fourth-order valence-electron chi connectivity index (χ4n) is 7.30. The standard InChI is InChI=1S/C21H32N2O3/c1-20-8-9-23-17(25)10-12(20)4-5-13-14-6-7-15(19(26)22-3)21(14,2)11-16(24)18(13)20/h10,13-16,18,24H,4-9,11H2,1-3H3,(H,22,26)(H,23,25)/t13?,14?,15?,16-,18?,20-,21-/m0/s1. The van der Waals surface area contributed by atoms with Crippen molar-refractivity contribution in [2.75, 3.05) is 13.6 Å². The normalized spacial score (nSPS) is 47.6. The van der Waals surface area contributed by atoms with E-state index in [-0.39, 0.29) is 34.5 Å². The van der Waals surface area contributed by atoms with Crippen molar-refractivity contribution in [1.82, 2.24) is 10.6 Å². The highest BCUT2D eigenvalue weighted by atomic mass is 16.3. The van der Waals surface area contributed by atoms with Crippen LogP contribution in [-0.4, -0.2) is 36.6 Å². The Bertz CT molecular complexity index is 660. The zero-order valence-corrected chi connectivity index (χ0v) is 16.2. The van der Waals surface area contributed by atoms with Crippen LogP contribution in [0, 0.1) is 34.5 Å². The number of fused-ring (bicyclic) bond motifs is 5. The molecule has 3 fully saturated rings. The molecule has 2 amide bonds. The van der Waals surface area contributed by atoms with Crippen LogP contribution in [0.1, 0.15) is 52.4 Å². The second-order valence-electron chi connectivity index (χ2n) is 9.48. The van der Waals surface area contributed by atoms with Gasteiger partial charge in [0.25, 0.3) is 0 Å². The smallest absolute Gasteiger partial charge is 0.243 e. The summed E-state index contributed by atoms with van der Waals surface area (Å²) in [6, 6.07) is 0. The number of carbonyl (C=O) groups is 2. The molecule has 4 unspecified atom stereocenters. The van der Waals surface area contributed by atoms with Gasteiger partial charge in [0.2, 0.25) is 11.8 Å². The lowest BCUT2D eigenvalue weighted by molar-refractivity contribution is -0.143. The molecule has 0 aromatic heterocycles. The van der Waals surface area contributed by atoms with Crippen molar-refractivity contribution in [2.24, 2.45) is 34.5 Å². The number of nitrogens with one attached hydrogen (secondary N) is 2. The maximum Gasteiger partial charge on any atom is 0.243 e. The molecule has 3 aliphatic carbocycles. The number of hydrogen-bond donors (Lipinski definition) is 3. The Morgan fingerprint density at radius 2 is 2.08 bits per heavy atom. The van der Waals surface area contributed by atoms with Crippen LogP contribution in [0.4, 0.5) is 0 Å². The lowest BCUT2D eigenvalue weighted by atomic mass is 9.47. The number of aliphatic hydroxyl groups is 1. The van der Waals surface area contributed by atoms with Gasteiger partial charge in [0.05, 0.1) is 6.10 Å². The first-order valence-electron chi connectivity index (χ1n) is 10.2. The molecular weight excluding hydrogens is 328 g/mol. The summed E-state index contributed by atoms with van der Waals surface area (Å²) in [4.78, 5) is 24.5. The number of amides is 2. The van der Waals surface area contributed by atoms with E-state index in [1.165, 1.54) is 5.57 Å². The van der Waals surface area contributed by atoms with Crippen molar-refractivity contribution in [1.29, 1.82) is 0 Å². The van der Waals surface area contributed by atoms with E-state index in [9.17, 15) is 14.7 Å². The molecule has 5 nitrogen and oxygen atoms in total. The lowest BCUT2D eigenvalue weighted by Gasteiger charge is -2.58. The SMILES string of the molecule is CNC(=O)C1CCC2C3CCC4=CC(=O)NCC[C@]4(C)C3[C@@H](O)C[C@]12C. The average molecular weight is 360 g/mol. The molecule has 0 aromatic rings. The first-order valence-corrected chi connectivity index (χ1v) is 10.2. The molecule has 3 saturated carbocycles. The van der Waals surface area contributed by atoms with E-state index in [4.69, 9.17) is 0 Å². The first-order chi connectivity index (χ1) is 12.3. The Morgan fingerprint density at radius 3 is 2.81 bits per heavy atom. The monoisotopic (exact) mass is 360 g/mol. The Morgan fingerprint density at radius 1 is 1.31 bits per heavy atom. The van der Waals surface area contributed by atoms with Gasteiger partial charge in [0.1, 0.15) is 0 Å². The fraction of sp³-hybridized carbons (Fsp3) is 0.810. The minimum Gasteiger partial charge on any atom is -0.393 e. The van der Waals surface area contributed by atoms with Crippen molar-refractivity contribution < 1.29 is 14.7 Å². The van der Waals surface area contributed by atoms with Crippen molar-refractivity contribution in [2.45, 2.75) is 58.5 Å². The predicted octanol–water partition coefficient (Wildman–Crippen LogP) is 2.01. The van der Waals surface area contributed by atoms with Crippen molar-refractivity contribution in [3.8, 4) is 0 Å². The van der Waals surface area contributed by atoms with Crippen LogP contribution in [0.25, 0.3) is 0 Å². The van der Waals surface area contributed by atoms with Gasteiger partial charge in [-0.2, -0.15) is 0 Å². The summed E-state index contributed by atoms with van der Waals surface area (Å²) >= 11 is 0. The third kappa shape index (κ3) is 2.39. The summed E-state index contributed by atoms with van der Waals surface area (Å²) in [7, 11) is 1.72. The van der Waals surface area contributed by atoms with Gasteiger partial charge in [-0.3, -0.25) is 9.59 Å². The summed E-state index contributed by atoms with van der Waals surface area (Å²) in [5, 5.41) is 17.1. The third-order valence-corrected chi connectivity index (χ3v) is 8.48. The molecule has 26 heavy (non-hydrogen) atoms. The topological polar surface area (TPSA) is 78.4 Å². The van der Waals surface area contributed by atoms with Crippen LogP contribution >= 0.6 is 0 Å². The van der Waals surface area contributed by atoms with Gasteiger partial charge in [-0.05, 0) is 67.1 Å². The fourth-order valence-corrected chi connectivity index (χ4v) is 7.30. The molecule has 5 heteroatoms. The van der Waals surface area contributed by atoms with E-state index in [1.54, 1.807) is 13.1 Å². The van der Waals surface area contributed by atoms with Gasteiger partial charge in [-0.1, -0.05) is 19.4 Å². The molecular formula is C21H32N2O3. The van der Waals surface area contributed by atoms with Gasteiger partial charge >= 0.3 is 0 Å². The Balaban J connectivity index is 1.70. The summed E-state index contributed by atoms with van der Waals surface area (Å²) in [6.07, 6.45) is 6.95. The number of aliphatic hydroxyl groups excluding tert-OH is 1. The van der Waals surface area contributed by atoms with Crippen LogP contribution < -0.4 is 10.6 Å². The lowest BCUT2D eigenvalue weighted by Crippen LogP contribution is -2.57. The van der Waals surface area contributed by atoms with Crippen LogP contribution in [0.2, 0.25) is 0 Å². The number of allylic oxidation sites excluding steroid dienone is 1. The largest absolute Gasteiger partial charge is 0.393 e. The summed E-state index contributed by atoms with van der Waals surface area (Å²) in [5.74, 6) is 1.27. The molecule has 4 aliphatic rings. The van der Waals surface area contributed by atoms with E-state index >= 15 is 0 Å². The molecule has 7 atom stereocenters. The molecule has 1 heterocycles. The summed E-state index contributed by atoms with van der Waals surface area (Å²) in [5.41, 5.74) is 0.989. The van der Waals surface area contributed by atoms with E-state index in [1.807, 2.05) is 0 Å². The van der Waals surface area contributed by atoms with Gasteiger partial charge in [-0.15, -0.1) is 0 Å². The third-order valence-electron chi connectivity index (χ3n) is 8.48. The van der Waals surface area contributed by atoms with Gasteiger partial charge in [-0.25, -0.2) is 0 Å². The first kappa shape index (κ1) is 18.0. The second kappa shape index (κ2) is 6.08. The Hall–Kier alpha value is -1.36. The minimum atomic E-state index is -0.409. The maximum atomic E-state index is 12.5. The van der Waals surface area contributed by atoms with E-state index in [0.717, 1.165) is 32.1 Å². The van der Waals surface area contributed by atoms with E-state index < -0.39 is 6.10 Å². The van der Waals surface area contributed by atoms with Gasteiger partial charge in [0, 0.05) is 25.6 Å². The zero-order valence-electron chi connectivity index (χ0n) is 16.2. The maximum absolute atomic E-state index is 12.5. The van der Waals surface area contributed by atoms with Crippen LogP contribution in [0.5, 0.6) is 0 Å². The molecule has 3 N–H and O–H groups in total. The van der Waals surface area contributed by atoms with Crippen molar-refractivity contribution in [3.05, 3.63) is 11.6 Å². The zero-order chi connectivity index (χ0) is 18.7. The number of hydrogen-bond acceptors (Lipinski definition) is 3. The highest BCUT2D eigenvalue weighted by Gasteiger charge is 2.62. The molecule has 4 rings (SSSR count). The van der Waals surface area contributed by atoms with Crippen LogP contribution in [0.3, 0.4) is 0 Å². The molecule has 0 aromatic carbocycles. The minimum absolute atomic E-state index is 0.00947. The Kier molecular flexibility index (Phi) is 4.22. The molecule has 0 radical (unpaired) electrons. The predicted molar refractivity (Wildman–Crippen MR) is 99.0 cm³/mol. The molecule has 0 bridgehead atoms. The highest BCUT2D eigenvalue weighted by Crippen LogP contribution is 2.66. The van der Waals surface area contributed by atoms with Crippen LogP contribution in [0.15, 0.2) is 11.6 Å². The van der Waals surface area contributed by atoms with E-state index in [2.05, 4.69) is 24.5 Å². The number of carbonyl (C=O) groups excluding carboxylic acids is 2. The van der Waals surface area contributed by atoms with Crippen LogP contribution in [-0.2, 0) is 9.59 Å². The summed E-state index contributed by atoms with van der Waals surface area (Å²) < 4.78 is 0. The number of rotatable bonds is 1. The highest BCUT2D eigenvalue weighted by molar-refractivity contribution is 5.88. The molecule has 144 valence electrons. The van der Waals surface area contributed by atoms with Crippen molar-refractivity contribution >= 4 is 11.8 Å². The second-order valence-corrected chi connectivity index (χ2v) is 9.48. The van der Waals surface area contributed by atoms with E-state index in [0.29, 0.717) is 24.8 Å². The quantitative estimate of drug-likeness (QED) is 0.669. The Labute approximate surface area is 156 Å². The molecule has 0 saturated heterocycles. The van der Waals surface area contributed by atoms with Crippen molar-refractivity contribution in [3.63, 3.8) is 0 Å². The molecule has 1 aliphatic heterocycles. The molecule has 0 spiro atoms. The summed E-state index contributed by atoms with van der Waals surface area (Å²) in [6.45, 7) is 5.16. The van der Waals surface area contributed by atoms with Gasteiger partial charge in [0.15, 0.2) is 0 Å². The average Bonchev–Trinajstić information content (AvgIpc) is 2.84. The van der Waals surface area contributed by atoms with Gasteiger partial charge < -0.3 is 15.7 Å².